The van der Waals surface area contributed by atoms with Gasteiger partial charge in [-0.2, -0.15) is 0 Å². The molecule has 1 fully saturated rings. The van der Waals surface area contributed by atoms with E-state index in [9.17, 15) is 9.59 Å². The number of ketones is 1. The Morgan fingerprint density at radius 3 is 2.28 bits per heavy atom. The van der Waals surface area contributed by atoms with Gasteiger partial charge in [-0.05, 0) is 36.8 Å². The molecule has 0 spiro atoms. The highest BCUT2D eigenvalue weighted by molar-refractivity contribution is 5.79. The first-order valence-electron chi connectivity index (χ1n) is 6.42. The van der Waals surface area contributed by atoms with E-state index in [4.69, 9.17) is 5.11 Å². The number of carboxylic acid groups (broad SMARTS) is 1. The minimum absolute atomic E-state index is 0.363. The minimum Gasteiger partial charge on any atom is -0.481 e. The van der Waals surface area contributed by atoms with Gasteiger partial charge in [0.15, 0.2) is 0 Å². The van der Waals surface area contributed by atoms with Crippen molar-refractivity contribution < 1.29 is 14.7 Å². The number of carboxylic acids is 1. The molecule has 2 rings (SSSR count). The summed E-state index contributed by atoms with van der Waals surface area (Å²) in [6.07, 6.45) is 3.20. The molecule has 1 N–H and O–H groups in total. The molecule has 1 saturated carbocycles. The molecule has 0 aliphatic heterocycles. The molecule has 0 saturated heterocycles. The quantitative estimate of drug-likeness (QED) is 0.891. The summed E-state index contributed by atoms with van der Waals surface area (Å²) >= 11 is 0. The molecule has 1 aromatic rings. The van der Waals surface area contributed by atoms with Crippen molar-refractivity contribution in [2.45, 2.75) is 44.4 Å². The molecule has 1 aliphatic carbocycles. The number of carbonyl (C=O) groups excluding carboxylic acids is 1. The molecule has 3 nitrogen and oxygen atoms in total. The van der Waals surface area contributed by atoms with Crippen molar-refractivity contribution in [2.24, 2.45) is 0 Å². The molecule has 0 amide bonds. The van der Waals surface area contributed by atoms with Crippen LogP contribution in [0.25, 0.3) is 0 Å². The molecule has 96 valence electrons. The average Bonchev–Trinajstić information content (AvgIpc) is 2.39. The van der Waals surface area contributed by atoms with Crippen LogP contribution in [-0.4, -0.2) is 16.9 Å². The zero-order chi connectivity index (χ0) is 13.1. The standard InChI is InChI=1S/C15H18O3/c1-10(15(17)18)11-2-4-12(5-3-11)13-6-8-14(16)9-7-13/h2-5,10,13H,6-9H2,1H3,(H,17,18). The highest BCUT2D eigenvalue weighted by atomic mass is 16.4. The van der Waals surface area contributed by atoms with E-state index in [1.54, 1.807) is 6.92 Å². The van der Waals surface area contributed by atoms with Crippen LogP contribution in [0.1, 0.15) is 55.6 Å². The molecule has 0 heterocycles. The van der Waals surface area contributed by atoms with Gasteiger partial charge in [-0.1, -0.05) is 24.3 Å². The molecular weight excluding hydrogens is 228 g/mol. The largest absolute Gasteiger partial charge is 0.481 e. The summed E-state index contributed by atoms with van der Waals surface area (Å²) in [5.74, 6) is -0.447. The van der Waals surface area contributed by atoms with Crippen molar-refractivity contribution in [2.75, 3.05) is 0 Å². The predicted molar refractivity (Wildman–Crippen MR) is 68.7 cm³/mol. The van der Waals surface area contributed by atoms with E-state index < -0.39 is 11.9 Å². The van der Waals surface area contributed by atoms with Crippen LogP contribution in [-0.2, 0) is 9.59 Å². The molecular formula is C15H18O3. The zero-order valence-corrected chi connectivity index (χ0v) is 10.6. The van der Waals surface area contributed by atoms with Gasteiger partial charge in [-0.25, -0.2) is 0 Å². The number of rotatable bonds is 3. The van der Waals surface area contributed by atoms with Gasteiger partial charge in [0.25, 0.3) is 0 Å². The van der Waals surface area contributed by atoms with Crippen molar-refractivity contribution in [3.05, 3.63) is 35.4 Å². The Hall–Kier alpha value is -1.64. The molecule has 1 aliphatic rings. The fourth-order valence-corrected chi connectivity index (χ4v) is 2.47. The van der Waals surface area contributed by atoms with E-state index in [-0.39, 0.29) is 0 Å². The van der Waals surface area contributed by atoms with Gasteiger partial charge < -0.3 is 5.11 Å². The summed E-state index contributed by atoms with van der Waals surface area (Å²) in [7, 11) is 0. The first-order chi connectivity index (χ1) is 8.58. The van der Waals surface area contributed by atoms with Crippen molar-refractivity contribution >= 4 is 11.8 Å². The number of benzene rings is 1. The second kappa shape index (κ2) is 5.34. The van der Waals surface area contributed by atoms with Crippen molar-refractivity contribution in [1.29, 1.82) is 0 Å². The molecule has 1 unspecified atom stereocenters. The Kier molecular flexibility index (Phi) is 3.80. The second-order valence-electron chi connectivity index (χ2n) is 5.04. The van der Waals surface area contributed by atoms with Gasteiger partial charge >= 0.3 is 5.97 Å². The van der Waals surface area contributed by atoms with Gasteiger partial charge in [-0.3, -0.25) is 9.59 Å². The summed E-state index contributed by atoms with van der Waals surface area (Å²) in [4.78, 5) is 22.1. The number of hydrogen-bond acceptors (Lipinski definition) is 2. The first kappa shape index (κ1) is 12.8. The highest BCUT2D eigenvalue weighted by Gasteiger charge is 2.20. The van der Waals surface area contributed by atoms with Gasteiger partial charge in [0.2, 0.25) is 0 Å². The normalized spacial score (nSPS) is 18.6. The first-order valence-corrected chi connectivity index (χ1v) is 6.42. The van der Waals surface area contributed by atoms with Gasteiger partial charge in [0, 0.05) is 12.8 Å². The average molecular weight is 246 g/mol. The third-order valence-electron chi connectivity index (χ3n) is 3.82. The van der Waals surface area contributed by atoms with Crippen LogP contribution in [0.5, 0.6) is 0 Å². The lowest BCUT2D eigenvalue weighted by Crippen LogP contribution is -2.12. The van der Waals surface area contributed by atoms with Crippen LogP contribution < -0.4 is 0 Å². The number of Topliss-reactive ketones (excluding diaryl/α,β-unsaturated/α-hetero) is 1. The maximum atomic E-state index is 11.2. The van der Waals surface area contributed by atoms with Crippen molar-refractivity contribution in [3.8, 4) is 0 Å². The number of carbonyl (C=O) groups is 2. The zero-order valence-electron chi connectivity index (χ0n) is 10.6. The Morgan fingerprint density at radius 2 is 1.78 bits per heavy atom. The fraction of sp³-hybridized carbons (Fsp3) is 0.467. The molecule has 18 heavy (non-hydrogen) atoms. The summed E-state index contributed by atoms with van der Waals surface area (Å²) in [5.41, 5.74) is 2.06. The van der Waals surface area contributed by atoms with Crippen LogP contribution in [0, 0.1) is 0 Å². The Balaban J connectivity index is 2.08. The summed E-state index contributed by atoms with van der Waals surface area (Å²) in [5, 5.41) is 8.95. The van der Waals surface area contributed by atoms with Crippen LogP contribution >= 0.6 is 0 Å². The van der Waals surface area contributed by atoms with E-state index in [0.29, 0.717) is 24.5 Å². The fourth-order valence-electron chi connectivity index (χ4n) is 2.47. The molecule has 0 aromatic heterocycles. The van der Waals surface area contributed by atoms with Crippen molar-refractivity contribution in [3.63, 3.8) is 0 Å². The molecule has 1 aromatic carbocycles. The summed E-state index contributed by atoms with van der Waals surface area (Å²) in [6.45, 7) is 1.69. The molecule has 3 heteroatoms. The van der Waals surface area contributed by atoms with E-state index in [0.717, 1.165) is 18.4 Å². The van der Waals surface area contributed by atoms with Crippen LogP contribution in [0.2, 0.25) is 0 Å². The predicted octanol–water partition coefficient (Wildman–Crippen LogP) is 3.10. The molecule has 0 bridgehead atoms. The van der Waals surface area contributed by atoms with E-state index in [1.165, 1.54) is 5.56 Å². The van der Waals surface area contributed by atoms with Gasteiger partial charge in [-0.15, -0.1) is 0 Å². The van der Waals surface area contributed by atoms with Gasteiger partial charge in [0.1, 0.15) is 5.78 Å². The Bertz CT molecular complexity index is 437. The second-order valence-corrected chi connectivity index (χ2v) is 5.04. The third-order valence-corrected chi connectivity index (χ3v) is 3.82. The topological polar surface area (TPSA) is 54.4 Å². The number of hydrogen-bond donors (Lipinski definition) is 1. The summed E-state index contributed by atoms with van der Waals surface area (Å²) in [6, 6.07) is 7.81. The van der Waals surface area contributed by atoms with E-state index in [2.05, 4.69) is 0 Å². The Morgan fingerprint density at radius 1 is 1.22 bits per heavy atom. The molecule has 0 radical (unpaired) electrons. The van der Waals surface area contributed by atoms with Crippen molar-refractivity contribution in [1.82, 2.24) is 0 Å². The lowest BCUT2D eigenvalue weighted by molar-refractivity contribution is -0.138. The van der Waals surface area contributed by atoms with E-state index in [1.807, 2.05) is 24.3 Å². The van der Waals surface area contributed by atoms with Crippen LogP contribution in [0.4, 0.5) is 0 Å². The lowest BCUT2D eigenvalue weighted by Gasteiger charge is -2.21. The van der Waals surface area contributed by atoms with Crippen LogP contribution in [0.3, 0.4) is 0 Å². The maximum absolute atomic E-state index is 11.2. The smallest absolute Gasteiger partial charge is 0.310 e. The van der Waals surface area contributed by atoms with E-state index >= 15 is 0 Å². The minimum atomic E-state index is -0.800. The lowest BCUT2D eigenvalue weighted by atomic mass is 9.83. The SMILES string of the molecule is CC(C(=O)O)c1ccc(C2CCC(=O)CC2)cc1. The molecule has 1 atom stereocenters. The maximum Gasteiger partial charge on any atom is 0.310 e. The van der Waals surface area contributed by atoms with Crippen LogP contribution in [0.15, 0.2) is 24.3 Å². The third kappa shape index (κ3) is 2.78. The monoisotopic (exact) mass is 246 g/mol. The number of aliphatic carboxylic acids is 1. The van der Waals surface area contributed by atoms with Gasteiger partial charge in [0.05, 0.1) is 5.92 Å². The Labute approximate surface area is 107 Å². The highest BCUT2D eigenvalue weighted by Crippen LogP contribution is 2.31. The summed E-state index contributed by atoms with van der Waals surface area (Å²) < 4.78 is 0.